The number of hydrogen-bond acceptors (Lipinski definition) is 7. The van der Waals surface area contributed by atoms with Crippen molar-refractivity contribution >= 4 is 17.8 Å². The molecule has 0 bridgehead atoms. The van der Waals surface area contributed by atoms with Gasteiger partial charge in [-0.05, 0) is 29.8 Å². The van der Waals surface area contributed by atoms with Gasteiger partial charge in [0.05, 0.1) is 12.2 Å². The minimum atomic E-state index is -0.0758. The Morgan fingerprint density at radius 1 is 1.13 bits per heavy atom. The normalized spacial score (nSPS) is 12.7. The standard InChI is InChI=1S/C21H22N6O3/c1-25(2)19(28)16-8-10-17(11-9-16)27-20(22)23-21(24-27)26(18-13-29-14-30-18)12-15-6-4-3-5-7-15/h3-11,13H,12,14H2,1-2H3,(H2,22,23,24). The topological polar surface area (TPSA) is 98.7 Å². The molecule has 154 valence electrons. The molecule has 30 heavy (non-hydrogen) atoms. The second-order valence-corrected chi connectivity index (χ2v) is 6.88. The summed E-state index contributed by atoms with van der Waals surface area (Å²) in [7, 11) is 3.42. The van der Waals surface area contributed by atoms with Crippen LogP contribution in [-0.4, -0.2) is 46.5 Å². The fourth-order valence-corrected chi connectivity index (χ4v) is 3.01. The zero-order chi connectivity index (χ0) is 21.1. The number of nitrogens with two attached hydrogens (primary N) is 1. The summed E-state index contributed by atoms with van der Waals surface area (Å²) in [4.78, 5) is 19.8. The molecule has 2 aromatic carbocycles. The third-order valence-corrected chi connectivity index (χ3v) is 4.54. The molecule has 0 radical (unpaired) electrons. The smallest absolute Gasteiger partial charge is 0.254 e. The Bertz CT molecular complexity index is 1060. The average molecular weight is 406 g/mol. The molecule has 1 amide bonds. The quantitative estimate of drug-likeness (QED) is 0.671. The van der Waals surface area contributed by atoms with Crippen molar-refractivity contribution < 1.29 is 14.3 Å². The van der Waals surface area contributed by atoms with E-state index in [1.807, 2.05) is 30.3 Å². The lowest BCUT2D eigenvalue weighted by atomic mass is 10.2. The van der Waals surface area contributed by atoms with Crippen LogP contribution in [0.25, 0.3) is 5.69 Å². The van der Waals surface area contributed by atoms with Gasteiger partial charge in [-0.25, -0.2) is 0 Å². The highest BCUT2D eigenvalue weighted by Crippen LogP contribution is 2.24. The molecule has 9 nitrogen and oxygen atoms in total. The monoisotopic (exact) mass is 406 g/mol. The van der Waals surface area contributed by atoms with E-state index in [2.05, 4.69) is 10.1 Å². The van der Waals surface area contributed by atoms with E-state index in [1.54, 1.807) is 43.3 Å². The van der Waals surface area contributed by atoms with Gasteiger partial charge in [0.2, 0.25) is 18.6 Å². The molecule has 0 saturated carbocycles. The van der Waals surface area contributed by atoms with Crippen LogP contribution in [0.1, 0.15) is 15.9 Å². The van der Waals surface area contributed by atoms with Crippen molar-refractivity contribution in [3.8, 4) is 5.69 Å². The summed E-state index contributed by atoms with van der Waals surface area (Å²) >= 11 is 0. The van der Waals surface area contributed by atoms with Crippen LogP contribution < -0.4 is 10.6 Å². The van der Waals surface area contributed by atoms with Gasteiger partial charge >= 0.3 is 0 Å². The molecule has 0 spiro atoms. The molecular weight excluding hydrogens is 384 g/mol. The first-order chi connectivity index (χ1) is 14.5. The number of rotatable bonds is 6. The van der Waals surface area contributed by atoms with Crippen molar-refractivity contribution in [2.24, 2.45) is 0 Å². The van der Waals surface area contributed by atoms with Crippen molar-refractivity contribution in [1.82, 2.24) is 19.7 Å². The molecule has 0 unspecified atom stereocenters. The summed E-state index contributed by atoms with van der Waals surface area (Å²) in [5.41, 5.74) is 8.47. The Balaban J connectivity index is 1.64. The highest BCUT2D eigenvalue weighted by atomic mass is 16.7. The molecular formula is C21H22N6O3. The fourth-order valence-electron chi connectivity index (χ4n) is 3.01. The highest BCUT2D eigenvalue weighted by Gasteiger charge is 2.23. The zero-order valence-corrected chi connectivity index (χ0v) is 16.7. The Morgan fingerprint density at radius 2 is 1.87 bits per heavy atom. The number of hydrogen-bond donors (Lipinski definition) is 1. The number of carbonyl (C=O) groups excluding carboxylic acids is 1. The minimum absolute atomic E-state index is 0.0758. The molecule has 2 N–H and O–H groups in total. The Kier molecular flexibility index (Phi) is 5.25. The first-order valence-corrected chi connectivity index (χ1v) is 9.33. The lowest BCUT2D eigenvalue weighted by Crippen LogP contribution is -2.23. The summed E-state index contributed by atoms with van der Waals surface area (Å²) in [5.74, 6) is 1.02. The first-order valence-electron chi connectivity index (χ1n) is 9.33. The number of nitrogens with zero attached hydrogens (tertiary/aromatic N) is 5. The van der Waals surface area contributed by atoms with Crippen molar-refractivity contribution in [2.45, 2.75) is 6.54 Å². The summed E-state index contributed by atoms with van der Waals surface area (Å²) in [6, 6.07) is 16.9. The van der Waals surface area contributed by atoms with Crippen LogP contribution in [0.4, 0.5) is 11.9 Å². The van der Waals surface area contributed by atoms with Crippen LogP contribution in [0.2, 0.25) is 0 Å². The van der Waals surface area contributed by atoms with E-state index in [0.717, 1.165) is 5.56 Å². The lowest BCUT2D eigenvalue weighted by Gasteiger charge is -2.20. The summed E-state index contributed by atoms with van der Waals surface area (Å²) in [6.07, 6.45) is 1.53. The van der Waals surface area contributed by atoms with Crippen molar-refractivity contribution in [2.75, 3.05) is 31.5 Å². The van der Waals surface area contributed by atoms with Gasteiger partial charge in [0.25, 0.3) is 11.9 Å². The van der Waals surface area contributed by atoms with Gasteiger partial charge < -0.3 is 20.1 Å². The van der Waals surface area contributed by atoms with E-state index >= 15 is 0 Å². The van der Waals surface area contributed by atoms with E-state index in [9.17, 15) is 4.79 Å². The second kappa shape index (κ2) is 8.16. The number of benzene rings is 2. The maximum Gasteiger partial charge on any atom is 0.254 e. The van der Waals surface area contributed by atoms with E-state index in [0.29, 0.717) is 29.6 Å². The molecule has 3 aromatic rings. The van der Waals surface area contributed by atoms with Crippen molar-refractivity contribution in [3.63, 3.8) is 0 Å². The van der Waals surface area contributed by atoms with Crippen LogP contribution in [0.5, 0.6) is 0 Å². The zero-order valence-electron chi connectivity index (χ0n) is 16.7. The number of aromatic nitrogens is 3. The Morgan fingerprint density at radius 3 is 2.50 bits per heavy atom. The van der Waals surface area contributed by atoms with Crippen LogP contribution >= 0.6 is 0 Å². The number of ether oxygens (including phenoxy) is 2. The van der Waals surface area contributed by atoms with Gasteiger partial charge in [-0.1, -0.05) is 30.3 Å². The molecule has 1 aliphatic rings. The van der Waals surface area contributed by atoms with Gasteiger partial charge in [-0.2, -0.15) is 9.67 Å². The Labute approximate surface area is 173 Å². The highest BCUT2D eigenvalue weighted by molar-refractivity contribution is 5.94. The average Bonchev–Trinajstić information content (AvgIpc) is 3.42. The Hall–Kier alpha value is -4.01. The summed E-state index contributed by atoms with van der Waals surface area (Å²) < 4.78 is 12.3. The minimum Gasteiger partial charge on any atom is -0.459 e. The van der Waals surface area contributed by atoms with E-state index in [4.69, 9.17) is 15.2 Å². The molecule has 0 aliphatic carbocycles. The summed E-state index contributed by atoms with van der Waals surface area (Å²) in [6.45, 7) is 0.619. The molecule has 1 aliphatic heterocycles. The van der Waals surface area contributed by atoms with E-state index in [1.165, 1.54) is 15.8 Å². The predicted octanol–water partition coefficient (Wildman–Crippen LogP) is 2.36. The summed E-state index contributed by atoms with van der Waals surface area (Å²) in [5, 5.41) is 4.57. The van der Waals surface area contributed by atoms with Crippen LogP contribution in [-0.2, 0) is 16.0 Å². The fraction of sp³-hybridized carbons (Fsp3) is 0.190. The third kappa shape index (κ3) is 3.90. The van der Waals surface area contributed by atoms with E-state index < -0.39 is 0 Å². The molecule has 0 atom stereocenters. The molecule has 0 fully saturated rings. The maximum absolute atomic E-state index is 12.1. The van der Waals surface area contributed by atoms with Gasteiger partial charge in [-0.15, -0.1) is 5.10 Å². The molecule has 4 rings (SSSR count). The van der Waals surface area contributed by atoms with E-state index in [-0.39, 0.29) is 18.6 Å². The number of anilines is 2. The molecule has 0 saturated heterocycles. The maximum atomic E-state index is 12.1. The SMILES string of the molecule is CN(C)C(=O)c1ccc(-n2nc(N(Cc3ccccc3)C3=COCO3)nc2N)cc1. The van der Waals surface area contributed by atoms with Gasteiger partial charge in [0.1, 0.15) is 6.26 Å². The largest absolute Gasteiger partial charge is 0.459 e. The number of nitrogen functional groups attached to an aromatic ring is 1. The van der Waals surface area contributed by atoms with Crippen LogP contribution in [0.15, 0.2) is 66.7 Å². The van der Waals surface area contributed by atoms with Gasteiger partial charge in [0.15, 0.2) is 0 Å². The molecule has 9 heteroatoms. The van der Waals surface area contributed by atoms with Crippen molar-refractivity contribution in [1.29, 1.82) is 0 Å². The molecule has 2 heterocycles. The first kappa shape index (κ1) is 19.3. The van der Waals surface area contributed by atoms with Crippen LogP contribution in [0.3, 0.4) is 0 Å². The van der Waals surface area contributed by atoms with Crippen LogP contribution in [0, 0.1) is 0 Å². The molecule has 1 aromatic heterocycles. The second-order valence-electron chi connectivity index (χ2n) is 6.88. The van der Waals surface area contributed by atoms with Crippen molar-refractivity contribution in [3.05, 3.63) is 77.9 Å². The third-order valence-electron chi connectivity index (χ3n) is 4.54. The van der Waals surface area contributed by atoms with Gasteiger partial charge in [-0.3, -0.25) is 9.69 Å². The lowest BCUT2D eigenvalue weighted by molar-refractivity contribution is 0.0780. The van der Waals surface area contributed by atoms with Gasteiger partial charge in [0, 0.05) is 19.7 Å². The predicted molar refractivity (Wildman–Crippen MR) is 112 cm³/mol. The number of amides is 1. The number of carbonyl (C=O) groups is 1.